The monoisotopic (exact) mass is 697 g/mol. The second-order valence-corrected chi connectivity index (χ2v) is 11.2. The molecule has 0 bridgehead atoms. The number of amides is 5. The van der Waals surface area contributed by atoms with Crippen LogP contribution in [-0.2, 0) is 38.4 Å². The molecule has 0 unspecified atom stereocenters. The Bertz CT molecular complexity index is 1080. The molecule has 0 rings (SSSR count). The molecule has 0 spiro atoms. The summed E-state index contributed by atoms with van der Waals surface area (Å²) in [7, 11) is 0. The predicted molar refractivity (Wildman–Crippen MR) is 167 cm³/mol. The van der Waals surface area contributed by atoms with Crippen molar-refractivity contribution in [1.82, 2.24) is 26.6 Å². The number of hydrogen-bond donors (Lipinski definition) is 12. The molecule has 0 saturated carbocycles. The molecule has 19 nitrogen and oxygen atoms in total. The zero-order valence-electron chi connectivity index (χ0n) is 25.1. The molecule has 13 N–H and O–H groups in total. The molecule has 0 aromatic carbocycles. The number of nitrogens with two attached hydrogens (primary N) is 2. The number of aliphatic hydroxyl groups excluding tert-OH is 1. The van der Waals surface area contributed by atoms with E-state index in [1.807, 2.05) is 5.32 Å². The minimum Gasteiger partial charge on any atom is -0.481 e. The highest BCUT2D eigenvalue weighted by atomic mass is 32.2. The van der Waals surface area contributed by atoms with Crippen molar-refractivity contribution in [3.05, 3.63) is 0 Å². The Kier molecular flexibility index (Phi) is 21.0. The van der Waals surface area contributed by atoms with Crippen LogP contribution in [0.2, 0.25) is 0 Å². The number of hydrogen-bond acceptors (Lipinski definition) is 13. The van der Waals surface area contributed by atoms with Crippen LogP contribution in [0.25, 0.3) is 0 Å². The van der Waals surface area contributed by atoms with E-state index in [9.17, 15) is 43.5 Å². The Morgan fingerprint density at radius 3 is 1.61 bits per heavy atom. The fraction of sp³-hybridized carbons (Fsp3) is 0.680. The number of rotatable bonds is 24. The fourth-order valence-corrected chi connectivity index (χ4v) is 4.41. The smallest absolute Gasteiger partial charge is 0.328 e. The molecule has 0 aromatic rings. The average molecular weight is 698 g/mol. The molecule has 0 radical (unpaired) electrons. The molecule has 0 aromatic heterocycles. The van der Waals surface area contributed by atoms with Crippen molar-refractivity contribution in [1.29, 1.82) is 0 Å². The number of carboxylic acids is 3. The van der Waals surface area contributed by atoms with Gasteiger partial charge in [0, 0.05) is 5.75 Å². The van der Waals surface area contributed by atoms with Gasteiger partial charge in [-0.2, -0.15) is 24.4 Å². The Morgan fingerprint density at radius 1 is 0.674 bits per heavy atom. The van der Waals surface area contributed by atoms with Crippen LogP contribution >= 0.6 is 24.4 Å². The van der Waals surface area contributed by atoms with Gasteiger partial charge in [0.25, 0.3) is 0 Å². The van der Waals surface area contributed by atoms with Crippen LogP contribution in [0.3, 0.4) is 0 Å². The van der Waals surface area contributed by atoms with Gasteiger partial charge in [-0.15, -0.1) is 0 Å². The summed E-state index contributed by atoms with van der Waals surface area (Å²) in [6, 6.07) is -9.01. The second kappa shape index (κ2) is 22.8. The van der Waals surface area contributed by atoms with Crippen molar-refractivity contribution in [3.63, 3.8) is 0 Å². The summed E-state index contributed by atoms with van der Waals surface area (Å²) in [4.78, 5) is 98.0. The quantitative estimate of drug-likeness (QED) is 0.0334. The zero-order valence-corrected chi connectivity index (χ0v) is 26.8. The zero-order chi connectivity index (χ0) is 35.4. The maximum absolute atomic E-state index is 13.2. The summed E-state index contributed by atoms with van der Waals surface area (Å²) < 4.78 is 0. The largest absolute Gasteiger partial charge is 0.481 e. The van der Waals surface area contributed by atoms with Crippen molar-refractivity contribution >= 4 is 71.8 Å². The Morgan fingerprint density at radius 2 is 1.13 bits per heavy atom. The Balaban J connectivity index is 5.95. The first-order chi connectivity index (χ1) is 21.6. The van der Waals surface area contributed by atoms with Gasteiger partial charge in [-0.05, 0) is 44.2 Å². The number of carboxylic acid groups (broad SMARTS) is 3. The first kappa shape index (κ1) is 42.3. The van der Waals surface area contributed by atoms with Crippen molar-refractivity contribution < 1.29 is 58.8 Å². The topological polar surface area (TPSA) is 330 Å². The van der Waals surface area contributed by atoms with Crippen LogP contribution in [0.15, 0.2) is 0 Å². The number of nitrogens with one attached hydrogen (secondary N) is 5. The van der Waals surface area contributed by atoms with E-state index in [1.54, 1.807) is 6.26 Å². The minimum atomic E-state index is -1.75. The van der Waals surface area contributed by atoms with E-state index >= 15 is 0 Å². The molecule has 0 aliphatic heterocycles. The van der Waals surface area contributed by atoms with Crippen molar-refractivity contribution in [2.75, 3.05) is 30.9 Å². The molecule has 21 heteroatoms. The third kappa shape index (κ3) is 16.6. The number of unbranched alkanes of at least 4 members (excludes halogenated alkanes) is 1. The summed E-state index contributed by atoms with van der Waals surface area (Å²) in [6.07, 6.45) is 0.745. The van der Waals surface area contributed by atoms with Gasteiger partial charge in [0.05, 0.1) is 25.5 Å². The molecule has 0 aliphatic carbocycles. The first-order valence-corrected chi connectivity index (χ1v) is 16.0. The molecule has 0 fully saturated rings. The average Bonchev–Trinajstić information content (AvgIpc) is 2.98. The van der Waals surface area contributed by atoms with Crippen LogP contribution < -0.4 is 38.1 Å². The number of carbonyl (C=O) groups excluding carboxylic acids is 5. The van der Waals surface area contributed by atoms with Crippen molar-refractivity contribution in [2.24, 2.45) is 11.5 Å². The van der Waals surface area contributed by atoms with Crippen molar-refractivity contribution in [3.8, 4) is 0 Å². The molecule has 5 amide bonds. The van der Waals surface area contributed by atoms with E-state index < -0.39 is 103 Å². The lowest BCUT2D eigenvalue weighted by atomic mass is 10.1. The van der Waals surface area contributed by atoms with Crippen LogP contribution in [0, 0.1) is 0 Å². The first-order valence-electron chi connectivity index (χ1n) is 14.0. The summed E-state index contributed by atoms with van der Waals surface area (Å²) in [6.45, 7) is -0.696. The molecule has 6 atom stereocenters. The number of aliphatic hydroxyl groups is 1. The number of carbonyl (C=O) groups is 8. The van der Waals surface area contributed by atoms with Crippen LogP contribution in [0.5, 0.6) is 0 Å². The normalized spacial score (nSPS) is 14.7. The van der Waals surface area contributed by atoms with E-state index in [-0.39, 0.29) is 25.1 Å². The molecular weight excluding hydrogens is 654 g/mol. The molecular formula is C25H43N7O12S2. The van der Waals surface area contributed by atoms with Crippen LogP contribution in [0.1, 0.15) is 38.5 Å². The molecule has 0 aliphatic rings. The van der Waals surface area contributed by atoms with E-state index in [1.165, 1.54) is 11.8 Å². The molecule has 46 heavy (non-hydrogen) atoms. The van der Waals surface area contributed by atoms with Crippen LogP contribution in [0.4, 0.5) is 0 Å². The standard InChI is InChI=1S/C25H43N7O12S2/c1-46-7-5-14(28-20(38)12(27)8-18(34)35)22(40)30-15(9-19(36)37)23(41)29-13(4-2-3-6-26)21(39)32-17(11-45)24(42)31-16(10-33)25(43)44/h12-17,33,45H,2-11,26-27H2,1H3,(H,28,38)(H,29,41)(H,30,40)(H,31,42)(H,32,39)(H,34,35)(H,36,37)(H,43,44)/t12-,13-,14-,15-,16-,17-/m0/s1. The van der Waals surface area contributed by atoms with Gasteiger partial charge in [0.2, 0.25) is 29.5 Å². The summed E-state index contributed by atoms with van der Waals surface area (Å²) in [5, 5.41) is 47.8. The fourth-order valence-electron chi connectivity index (χ4n) is 3.68. The van der Waals surface area contributed by atoms with Crippen molar-refractivity contribution in [2.45, 2.75) is 74.8 Å². The molecule has 0 saturated heterocycles. The minimum absolute atomic E-state index is 0.0102. The lowest BCUT2D eigenvalue weighted by Crippen LogP contribution is -2.60. The number of thiol groups is 1. The highest BCUT2D eigenvalue weighted by Crippen LogP contribution is 2.07. The second-order valence-electron chi connectivity index (χ2n) is 9.88. The lowest BCUT2D eigenvalue weighted by Gasteiger charge is -2.26. The summed E-state index contributed by atoms with van der Waals surface area (Å²) >= 11 is 5.30. The number of thioether (sulfide) groups is 1. The highest BCUT2D eigenvalue weighted by Gasteiger charge is 2.33. The van der Waals surface area contributed by atoms with E-state index in [2.05, 4.69) is 33.9 Å². The number of aliphatic carboxylic acids is 3. The van der Waals surface area contributed by atoms with Gasteiger partial charge in [0.15, 0.2) is 0 Å². The highest BCUT2D eigenvalue weighted by molar-refractivity contribution is 7.98. The summed E-state index contributed by atoms with van der Waals surface area (Å²) in [5.74, 6) is -9.31. The maximum atomic E-state index is 13.2. The van der Waals surface area contributed by atoms with E-state index in [0.717, 1.165) is 0 Å². The maximum Gasteiger partial charge on any atom is 0.328 e. The Hall–Kier alpha value is -3.66. The third-order valence-corrected chi connectivity index (χ3v) is 7.19. The lowest BCUT2D eigenvalue weighted by molar-refractivity contribution is -0.143. The van der Waals surface area contributed by atoms with E-state index in [0.29, 0.717) is 18.6 Å². The van der Waals surface area contributed by atoms with Gasteiger partial charge in [0.1, 0.15) is 30.2 Å². The van der Waals surface area contributed by atoms with E-state index in [4.69, 9.17) is 26.8 Å². The van der Waals surface area contributed by atoms with Gasteiger partial charge < -0.3 is 58.5 Å². The van der Waals surface area contributed by atoms with Gasteiger partial charge >= 0.3 is 17.9 Å². The summed E-state index contributed by atoms with van der Waals surface area (Å²) in [5.41, 5.74) is 11.1. The molecule has 262 valence electrons. The van der Waals surface area contributed by atoms with Gasteiger partial charge in [-0.25, -0.2) is 4.79 Å². The van der Waals surface area contributed by atoms with Gasteiger partial charge in [-0.1, -0.05) is 0 Å². The SMILES string of the molecule is CSCC[C@H](NC(=O)[C@@H](N)CC(=O)O)C(=O)N[C@@H](CC(=O)O)C(=O)N[C@@H](CCCCN)C(=O)N[C@@H](CS)C(=O)N[C@@H](CO)C(=O)O. The van der Waals surface area contributed by atoms with Crippen LogP contribution in [-0.4, -0.2) is 135 Å². The third-order valence-electron chi connectivity index (χ3n) is 6.18. The predicted octanol–water partition coefficient (Wildman–Crippen LogP) is -4.42. The van der Waals surface area contributed by atoms with Gasteiger partial charge in [-0.3, -0.25) is 33.6 Å². The molecule has 0 heterocycles. The Labute approximate surface area is 274 Å².